The molecular formula is C20H19F3N6O2. The summed E-state index contributed by atoms with van der Waals surface area (Å²) in [6.07, 6.45) is -1.71. The molecule has 31 heavy (non-hydrogen) atoms. The lowest BCUT2D eigenvalue weighted by Crippen LogP contribution is -2.55. The summed E-state index contributed by atoms with van der Waals surface area (Å²) < 4.78 is 41.3. The van der Waals surface area contributed by atoms with Crippen LogP contribution in [-0.2, 0) is 9.59 Å². The number of aromatic nitrogens is 3. The molecule has 2 atom stereocenters. The highest BCUT2D eigenvalue weighted by Gasteiger charge is 2.50. The van der Waals surface area contributed by atoms with Gasteiger partial charge in [0.15, 0.2) is 0 Å². The maximum absolute atomic E-state index is 13.8. The van der Waals surface area contributed by atoms with Gasteiger partial charge in [0.25, 0.3) is 0 Å². The maximum atomic E-state index is 13.8. The largest absolute Gasteiger partial charge is 0.408 e. The van der Waals surface area contributed by atoms with Crippen LogP contribution in [0.15, 0.2) is 42.7 Å². The molecule has 2 aromatic heterocycles. The van der Waals surface area contributed by atoms with E-state index >= 15 is 0 Å². The van der Waals surface area contributed by atoms with Crippen molar-refractivity contribution in [3.8, 4) is 0 Å². The smallest absolute Gasteiger partial charge is 0.383 e. The Hall–Kier alpha value is -3.63. The number of rotatable bonds is 2. The number of benzene rings is 1. The van der Waals surface area contributed by atoms with Crippen molar-refractivity contribution in [2.24, 2.45) is 0 Å². The van der Waals surface area contributed by atoms with Crippen LogP contribution in [0.25, 0.3) is 10.9 Å². The summed E-state index contributed by atoms with van der Waals surface area (Å²) in [4.78, 5) is 30.4. The van der Waals surface area contributed by atoms with Crippen molar-refractivity contribution in [2.45, 2.75) is 37.5 Å². The number of aromatic amines is 1. The van der Waals surface area contributed by atoms with Crippen LogP contribution in [0.3, 0.4) is 0 Å². The molecule has 0 unspecified atom stereocenters. The van der Waals surface area contributed by atoms with E-state index in [-0.39, 0.29) is 24.3 Å². The second-order valence-corrected chi connectivity index (χ2v) is 7.30. The molecule has 4 rings (SSSR count). The average molecular weight is 432 g/mol. The third-order valence-electron chi connectivity index (χ3n) is 5.38. The zero-order chi connectivity index (χ0) is 22.2. The first kappa shape index (κ1) is 20.6. The number of nitrogens with zero attached hydrogens (tertiary/aromatic N) is 3. The molecule has 1 saturated heterocycles. The van der Waals surface area contributed by atoms with Crippen molar-refractivity contribution in [3.63, 3.8) is 0 Å². The topological polar surface area (TPSA) is 117 Å². The Morgan fingerprint density at radius 2 is 1.90 bits per heavy atom. The second-order valence-electron chi connectivity index (χ2n) is 7.30. The molecular weight excluding hydrogens is 413 g/mol. The van der Waals surface area contributed by atoms with Gasteiger partial charge >= 0.3 is 18.0 Å². The Bertz CT molecular complexity index is 1120. The molecule has 0 saturated carbocycles. The number of likely N-dealkylation sites (tertiary alicyclic amines) is 1. The van der Waals surface area contributed by atoms with Crippen LogP contribution in [0.5, 0.6) is 0 Å². The van der Waals surface area contributed by atoms with Gasteiger partial charge in [-0.25, -0.2) is 4.98 Å². The van der Waals surface area contributed by atoms with Crippen LogP contribution in [0, 0.1) is 0 Å². The lowest BCUT2D eigenvalue weighted by atomic mass is 9.90. The van der Waals surface area contributed by atoms with E-state index in [0.29, 0.717) is 27.8 Å². The molecule has 0 spiro atoms. The average Bonchev–Trinajstić information content (AvgIpc) is 3.26. The molecule has 3 heterocycles. The third kappa shape index (κ3) is 3.90. The summed E-state index contributed by atoms with van der Waals surface area (Å²) >= 11 is 0. The fourth-order valence-corrected chi connectivity index (χ4v) is 3.95. The number of anilines is 2. The SMILES string of the molecule is Nc1ncc(NC(=O)C(=O)N2[C@H](c3ccccc3)CCC[C@@H]2C(F)(F)F)c2[nH]ncc12. The molecule has 0 aliphatic carbocycles. The fraction of sp³-hybridized carbons (Fsp3) is 0.300. The summed E-state index contributed by atoms with van der Waals surface area (Å²) in [5.41, 5.74) is 6.70. The predicted octanol–water partition coefficient (Wildman–Crippen LogP) is 3.16. The summed E-state index contributed by atoms with van der Waals surface area (Å²) in [7, 11) is 0. The minimum Gasteiger partial charge on any atom is -0.383 e. The van der Waals surface area contributed by atoms with E-state index in [1.54, 1.807) is 30.3 Å². The zero-order valence-corrected chi connectivity index (χ0v) is 16.2. The number of H-pyrrole nitrogens is 1. The van der Waals surface area contributed by atoms with E-state index in [9.17, 15) is 22.8 Å². The monoisotopic (exact) mass is 432 g/mol. The standard InChI is InChI=1S/C20H19F3N6O2/c21-20(22,23)15-8-4-7-14(11-5-2-1-3-6-11)29(15)19(31)18(30)27-13-10-25-17(24)12-9-26-28-16(12)13/h1-3,5-6,9-10,14-15H,4,7-8H2,(H2,24,25)(H,26,28)(H,27,30)/t14-,15+/m0/s1. The Morgan fingerprint density at radius 3 is 2.61 bits per heavy atom. The molecule has 1 fully saturated rings. The Kier molecular flexibility index (Phi) is 5.25. The van der Waals surface area contributed by atoms with Gasteiger partial charge in [-0.2, -0.15) is 18.3 Å². The molecule has 1 aliphatic rings. The van der Waals surface area contributed by atoms with E-state index in [2.05, 4.69) is 20.5 Å². The number of piperidine rings is 1. The number of hydrogen-bond donors (Lipinski definition) is 3. The van der Waals surface area contributed by atoms with Gasteiger partial charge in [0.2, 0.25) is 0 Å². The molecule has 3 aromatic rings. The molecule has 0 radical (unpaired) electrons. The van der Waals surface area contributed by atoms with Gasteiger partial charge in [0, 0.05) is 0 Å². The van der Waals surface area contributed by atoms with E-state index < -0.39 is 30.1 Å². The van der Waals surface area contributed by atoms with Gasteiger partial charge in [0.1, 0.15) is 11.9 Å². The van der Waals surface area contributed by atoms with Gasteiger partial charge in [0.05, 0.1) is 35.0 Å². The first-order valence-corrected chi connectivity index (χ1v) is 9.60. The van der Waals surface area contributed by atoms with Crippen molar-refractivity contribution in [1.29, 1.82) is 0 Å². The third-order valence-corrected chi connectivity index (χ3v) is 5.38. The zero-order valence-electron chi connectivity index (χ0n) is 16.2. The van der Waals surface area contributed by atoms with Gasteiger partial charge in [-0.1, -0.05) is 30.3 Å². The van der Waals surface area contributed by atoms with Crippen LogP contribution in [-0.4, -0.2) is 44.1 Å². The van der Waals surface area contributed by atoms with Crippen molar-refractivity contribution in [3.05, 3.63) is 48.3 Å². The van der Waals surface area contributed by atoms with E-state index in [1.165, 1.54) is 12.4 Å². The summed E-state index contributed by atoms with van der Waals surface area (Å²) in [5.74, 6) is -2.30. The molecule has 1 aliphatic heterocycles. The van der Waals surface area contributed by atoms with Gasteiger partial charge < -0.3 is 16.0 Å². The Labute approximate surface area is 174 Å². The van der Waals surface area contributed by atoms with Crippen LogP contribution in [0.1, 0.15) is 30.9 Å². The number of hydrogen-bond acceptors (Lipinski definition) is 5. The maximum Gasteiger partial charge on any atom is 0.408 e. The highest BCUT2D eigenvalue weighted by atomic mass is 19.4. The van der Waals surface area contributed by atoms with E-state index in [0.717, 1.165) is 0 Å². The second kappa shape index (κ2) is 7.89. The lowest BCUT2D eigenvalue weighted by molar-refractivity contribution is -0.203. The molecule has 11 heteroatoms. The van der Waals surface area contributed by atoms with Crippen LogP contribution in [0.2, 0.25) is 0 Å². The summed E-state index contributed by atoms with van der Waals surface area (Å²) in [6, 6.07) is 5.49. The fourth-order valence-electron chi connectivity index (χ4n) is 3.95. The van der Waals surface area contributed by atoms with Crippen LogP contribution >= 0.6 is 0 Å². The molecule has 162 valence electrons. The van der Waals surface area contributed by atoms with Crippen molar-refractivity contribution in [1.82, 2.24) is 20.1 Å². The number of nitrogens with one attached hydrogen (secondary N) is 2. The van der Waals surface area contributed by atoms with Crippen LogP contribution < -0.4 is 11.1 Å². The molecule has 1 aromatic carbocycles. The van der Waals surface area contributed by atoms with Gasteiger partial charge in [-0.3, -0.25) is 14.7 Å². The first-order chi connectivity index (χ1) is 14.8. The molecule has 8 nitrogen and oxygen atoms in total. The summed E-state index contributed by atoms with van der Waals surface area (Å²) in [6.45, 7) is 0. The number of carbonyl (C=O) groups is 2. The summed E-state index contributed by atoms with van der Waals surface area (Å²) in [5, 5.41) is 9.22. The Balaban J connectivity index is 1.67. The number of nitrogens with two attached hydrogens (primary N) is 1. The normalized spacial score (nSPS) is 19.4. The number of amides is 2. The first-order valence-electron chi connectivity index (χ1n) is 9.60. The predicted molar refractivity (Wildman–Crippen MR) is 107 cm³/mol. The minimum atomic E-state index is -4.66. The number of alkyl halides is 3. The highest BCUT2D eigenvalue weighted by Crippen LogP contribution is 2.41. The molecule has 2 amide bonds. The highest BCUT2D eigenvalue weighted by molar-refractivity contribution is 6.40. The van der Waals surface area contributed by atoms with Crippen LogP contribution in [0.4, 0.5) is 24.7 Å². The van der Waals surface area contributed by atoms with E-state index in [1.807, 2.05) is 0 Å². The van der Waals surface area contributed by atoms with Gasteiger partial charge in [-0.05, 0) is 24.8 Å². The Morgan fingerprint density at radius 1 is 1.16 bits per heavy atom. The number of halogens is 3. The number of carbonyl (C=O) groups excluding carboxylic acids is 2. The number of nitrogen functional groups attached to an aromatic ring is 1. The molecule has 4 N–H and O–H groups in total. The van der Waals surface area contributed by atoms with Crippen molar-refractivity contribution >= 4 is 34.2 Å². The number of fused-ring (bicyclic) bond motifs is 1. The van der Waals surface area contributed by atoms with Crippen molar-refractivity contribution < 1.29 is 22.8 Å². The number of pyridine rings is 1. The quantitative estimate of drug-likeness (QED) is 0.538. The van der Waals surface area contributed by atoms with E-state index in [4.69, 9.17) is 5.73 Å². The minimum absolute atomic E-state index is 0.0943. The molecule has 0 bridgehead atoms. The van der Waals surface area contributed by atoms with Gasteiger partial charge in [-0.15, -0.1) is 0 Å². The van der Waals surface area contributed by atoms with Crippen molar-refractivity contribution in [2.75, 3.05) is 11.1 Å². The lowest BCUT2D eigenvalue weighted by Gasteiger charge is -2.42.